The number of hydrogen-bond acceptors (Lipinski definition) is 4. The second-order valence-corrected chi connectivity index (χ2v) is 5.34. The number of phenols is 1. The van der Waals surface area contributed by atoms with Crippen molar-refractivity contribution in [3.63, 3.8) is 0 Å². The van der Waals surface area contributed by atoms with Crippen LogP contribution in [0.5, 0.6) is 11.5 Å². The summed E-state index contributed by atoms with van der Waals surface area (Å²) in [6.45, 7) is 6.77. The standard InChI is InChI=1S/C15H25NO3/c1-10(2)7-13(17)9-16-11(3)12-5-6-14(18)15(8-12)19-4/h5-6,8,10-11,13,16-18H,7,9H2,1-4H3. The van der Waals surface area contributed by atoms with E-state index in [1.807, 2.05) is 19.1 Å². The van der Waals surface area contributed by atoms with Crippen molar-refractivity contribution in [3.05, 3.63) is 23.8 Å². The summed E-state index contributed by atoms with van der Waals surface area (Å²) in [7, 11) is 1.53. The van der Waals surface area contributed by atoms with Gasteiger partial charge in [-0.3, -0.25) is 0 Å². The summed E-state index contributed by atoms with van der Waals surface area (Å²) in [5.74, 6) is 1.09. The van der Waals surface area contributed by atoms with E-state index in [4.69, 9.17) is 4.74 Å². The Bertz CT molecular complexity index is 393. The Morgan fingerprint density at radius 2 is 1.95 bits per heavy atom. The quantitative estimate of drug-likeness (QED) is 0.710. The van der Waals surface area contributed by atoms with Crippen LogP contribution in [0.4, 0.5) is 0 Å². The van der Waals surface area contributed by atoms with Crippen LogP contribution in [0.25, 0.3) is 0 Å². The number of aliphatic hydroxyl groups is 1. The summed E-state index contributed by atoms with van der Waals surface area (Å²) < 4.78 is 5.09. The van der Waals surface area contributed by atoms with Gasteiger partial charge in [0.2, 0.25) is 0 Å². The Morgan fingerprint density at radius 3 is 2.53 bits per heavy atom. The highest BCUT2D eigenvalue weighted by atomic mass is 16.5. The molecule has 1 aromatic rings. The maximum Gasteiger partial charge on any atom is 0.160 e. The van der Waals surface area contributed by atoms with Gasteiger partial charge in [0.25, 0.3) is 0 Å². The van der Waals surface area contributed by atoms with E-state index >= 15 is 0 Å². The molecular formula is C15H25NO3. The number of ether oxygens (including phenoxy) is 1. The molecule has 0 spiro atoms. The molecule has 108 valence electrons. The number of benzene rings is 1. The monoisotopic (exact) mass is 267 g/mol. The molecule has 0 aromatic heterocycles. The van der Waals surface area contributed by atoms with Crippen molar-refractivity contribution < 1.29 is 14.9 Å². The molecule has 4 nitrogen and oxygen atoms in total. The van der Waals surface area contributed by atoms with Crippen molar-refractivity contribution in [1.29, 1.82) is 0 Å². The van der Waals surface area contributed by atoms with E-state index in [1.54, 1.807) is 6.07 Å². The Kier molecular flexibility index (Phi) is 6.12. The average Bonchev–Trinajstić information content (AvgIpc) is 2.35. The molecule has 0 amide bonds. The van der Waals surface area contributed by atoms with E-state index in [9.17, 15) is 10.2 Å². The second kappa shape index (κ2) is 7.36. The predicted octanol–water partition coefficient (Wildman–Crippen LogP) is 2.46. The van der Waals surface area contributed by atoms with Crippen molar-refractivity contribution in [1.82, 2.24) is 5.32 Å². The maximum atomic E-state index is 9.83. The normalized spacial score (nSPS) is 14.4. The molecule has 1 rings (SSSR count). The summed E-state index contributed by atoms with van der Waals surface area (Å²) in [6.07, 6.45) is 0.458. The lowest BCUT2D eigenvalue weighted by atomic mass is 10.0. The lowest BCUT2D eigenvalue weighted by Crippen LogP contribution is -2.30. The molecule has 0 aliphatic heterocycles. The zero-order valence-corrected chi connectivity index (χ0v) is 12.2. The van der Waals surface area contributed by atoms with Crippen molar-refractivity contribution >= 4 is 0 Å². The van der Waals surface area contributed by atoms with Gasteiger partial charge in [0.15, 0.2) is 11.5 Å². The summed E-state index contributed by atoms with van der Waals surface area (Å²) in [6, 6.07) is 5.37. The molecule has 0 aliphatic carbocycles. The molecule has 0 heterocycles. The number of nitrogens with one attached hydrogen (secondary N) is 1. The fourth-order valence-corrected chi connectivity index (χ4v) is 2.02. The van der Waals surface area contributed by atoms with Crippen LogP contribution < -0.4 is 10.1 Å². The van der Waals surface area contributed by atoms with Gasteiger partial charge in [-0.05, 0) is 37.0 Å². The highest BCUT2D eigenvalue weighted by Crippen LogP contribution is 2.28. The van der Waals surface area contributed by atoms with Gasteiger partial charge in [0.1, 0.15) is 0 Å². The zero-order valence-electron chi connectivity index (χ0n) is 12.2. The molecule has 0 fully saturated rings. The van der Waals surface area contributed by atoms with Gasteiger partial charge in [-0.15, -0.1) is 0 Å². The van der Waals surface area contributed by atoms with E-state index in [-0.39, 0.29) is 17.9 Å². The molecule has 0 radical (unpaired) electrons. The average molecular weight is 267 g/mol. The van der Waals surface area contributed by atoms with Crippen LogP contribution in [0.1, 0.15) is 38.8 Å². The first-order valence-corrected chi connectivity index (χ1v) is 6.72. The third-order valence-corrected chi connectivity index (χ3v) is 3.11. The molecule has 4 heteroatoms. The molecule has 0 aliphatic rings. The number of hydrogen-bond donors (Lipinski definition) is 3. The Labute approximate surface area is 115 Å². The molecule has 0 saturated carbocycles. The van der Waals surface area contributed by atoms with Crippen LogP contribution >= 0.6 is 0 Å². The van der Waals surface area contributed by atoms with Crippen LogP contribution in [-0.4, -0.2) is 30.0 Å². The molecular weight excluding hydrogens is 242 g/mol. The molecule has 0 saturated heterocycles. The van der Waals surface area contributed by atoms with E-state index < -0.39 is 0 Å². The molecule has 3 N–H and O–H groups in total. The lowest BCUT2D eigenvalue weighted by Gasteiger charge is -2.19. The van der Waals surface area contributed by atoms with E-state index in [2.05, 4.69) is 19.2 Å². The predicted molar refractivity (Wildman–Crippen MR) is 76.5 cm³/mol. The van der Waals surface area contributed by atoms with E-state index in [1.165, 1.54) is 7.11 Å². The number of methoxy groups -OCH3 is 1. The second-order valence-electron chi connectivity index (χ2n) is 5.34. The Morgan fingerprint density at radius 1 is 1.26 bits per heavy atom. The first-order chi connectivity index (χ1) is 8.93. The number of rotatable bonds is 7. The van der Waals surface area contributed by atoms with Gasteiger partial charge in [0.05, 0.1) is 13.2 Å². The molecule has 19 heavy (non-hydrogen) atoms. The summed E-state index contributed by atoms with van der Waals surface area (Å²) in [4.78, 5) is 0. The smallest absolute Gasteiger partial charge is 0.160 e. The van der Waals surface area contributed by atoms with Crippen LogP contribution in [0.15, 0.2) is 18.2 Å². The van der Waals surface area contributed by atoms with Gasteiger partial charge in [-0.25, -0.2) is 0 Å². The van der Waals surface area contributed by atoms with Crippen molar-refractivity contribution in [2.45, 2.75) is 39.3 Å². The summed E-state index contributed by atoms with van der Waals surface area (Å²) in [5.41, 5.74) is 1.02. The minimum Gasteiger partial charge on any atom is -0.504 e. The topological polar surface area (TPSA) is 61.7 Å². The Balaban J connectivity index is 2.56. The maximum absolute atomic E-state index is 9.83. The summed E-state index contributed by atoms with van der Waals surface area (Å²) in [5, 5.41) is 22.7. The van der Waals surface area contributed by atoms with Crippen molar-refractivity contribution in [3.8, 4) is 11.5 Å². The van der Waals surface area contributed by atoms with Crippen molar-refractivity contribution in [2.24, 2.45) is 5.92 Å². The number of aromatic hydroxyl groups is 1. The fourth-order valence-electron chi connectivity index (χ4n) is 2.02. The van der Waals surface area contributed by atoms with E-state index in [0.717, 1.165) is 12.0 Å². The fraction of sp³-hybridized carbons (Fsp3) is 0.600. The lowest BCUT2D eigenvalue weighted by molar-refractivity contribution is 0.143. The zero-order chi connectivity index (χ0) is 14.4. The third-order valence-electron chi connectivity index (χ3n) is 3.11. The van der Waals surface area contributed by atoms with Crippen LogP contribution in [0, 0.1) is 5.92 Å². The van der Waals surface area contributed by atoms with Crippen molar-refractivity contribution in [2.75, 3.05) is 13.7 Å². The SMILES string of the molecule is COc1cc(C(C)NCC(O)CC(C)C)ccc1O. The highest BCUT2D eigenvalue weighted by molar-refractivity contribution is 5.42. The van der Waals surface area contributed by atoms with Crippen LogP contribution in [-0.2, 0) is 0 Å². The minimum absolute atomic E-state index is 0.0938. The van der Waals surface area contributed by atoms with E-state index in [0.29, 0.717) is 18.2 Å². The van der Waals surface area contributed by atoms with Gasteiger partial charge < -0.3 is 20.3 Å². The van der Waals surface area contributed by atoms with Crippen LogP contribution in [0.2, 0.25) is 0 Å². The van der Waals surface area contributed by atoms with Gasteiger partial charge in [-0.1, -0.05) is 19.9 Å². The van der Waals surface area contributed by atoms with Gasteiger partial charge in [-0.2, -0.15) is 0 Å². The highest BCUT2D eigenvalue weighted by Gasteiger charge is 2.12. The third kappa shape index (κ3) is 5.09. The number of aliphatic hydroxyl groups excluding tert-OH is 1. The molecule has 2 unspecified atom stereocenters. The molecule has 1 aromatic carbocycles. The van der Waals surface area contributed by atoms with Gasteiger partial charge >= 0.3 is 0 Å². The number of phenolic OH excluding ortho intramolecular Hbond substituents is 1. The molecule has 2 atom stereocenters. The first kappa shape index (κ1) is 15.8. The summed E-state index contributed by atoms with van der Waals surface area (Å²) >= 11 is 0. The van der Waals surface area contributed by atoms with Gasteiger partial charge in [0, 0.05) is 12.6 Å². The largest absolute Gasteiger partial charge is 0.504 e. The Hall–Kier alpha value is -1.26. The van der Waals surface area contributed by atoms with Crippen LogP contribution in [0.3, 0.4) is 0 Å². The molecule has 0 bridgehead atoms. The minimum atomic E-state index is -0.332. The first-order valence-electron chi connectivity index (χ1n) is 6.72.